The van der Waals surface area contributed by atoms with Crippen LogP contribution in [0.2, 0.25) is 0 Å². The van der Waals surface area contributed by atoms with E-state index in [4.69, 9.17) is 22.6 Å². The van der Waals surface area contributed by atoms with Crippen LogP contribution in [0.3, 0.4) is 0 Å². The maximum absolute atomic E-state index is 9.17. The standard InChI is InChI=1S/C25H24N8S/c1-19-2-4-22(5-3-19)33-24(21-7-9-27-10-8-21)29-32(25(33)34)18-30-12-14-31(15-13-30)23-16-20(17-26)6-11-28-23/h2-11,16H,12-15,18H2,1H3. The lowest BCUT2D eigenvalue weighted by Crippen LogP contribution is -2.47. The molecule has 0 aliphatic carbocycles. The highest BCUT2D eigenvalue weighted by Crippen LogP contribution is 2.23. The number of aryl methyl sites for hydroxylation is 1. The second kappa shape index (κ2) is 9.55. The summed E-state index contributed by atoms with van der Waals surface area (Å²) in [7, 11) is 0. The van der Waals surface area contributed by atoms with Crippen LogP contribution < -0.4 is 4.90 Å². The predicted octanol–water partition coefficient (Wildman–Crippen LogP) is 3.82. The molecule has 0 amide bonds. The summed E-state index contributed by atoms with van der Waals surface area (Å²) in [5.41, 5.74) is 3.78. The normalized spacial score (nSPS) is 14.2. The smallest absolute Gasteiger partial charge is 0.204 e. The van der Waals surface area contributed by atoms with E-state index in [1.807, 2.05) is 27.4 Å². The summed E-state index contributed by atoms with van der Waals surface area (Å²) in [5.74, 6) is 1.64. The van der Waals surface area contributed by atoms with Crippen LogP contribution in [0.1, 0.15) is 11.1 Å². The summed E-state index contributed by atoms with van der Waals surface area (Å²) in [6.07, 6.45) is 5.23. The fourth-order valence-electron chi connectivity index (χ4n) is 4.08. The minimum absolute atomic E-state index is 0.606. The molecule has 170 valence electrons. The minimum Gasteiger partial charge on any atom is -0.354 e. The topological polar surface area (TPSA) is 78.8 Å². The van der Waals surface area contributed by atoms with Gasteiger partial charge in [0.1, 0.15) is 5.82 Å². The van der Waals surface area contributed by atoms with Gasteiger partial charge >= 0.3 is 0 Å². The van der Waals surface area contributed by atoms with E-state index in [-0.39, 0.29) is 0 Å². The first-order valence-corrected chi connectivity index (χ1v) is 11.5. The highest BCUT2D eigenvalue weighted by atomic mass is 32.1. The molecule has 0 atom stereocenters. The van der Waals surface area contributed by atoms with Crippen molar-refractivity contribution in [3.63, 3.8) is 0 Å². The molecular weight excluding hydrogens is 444 g/mol. The van der Waals surface area contributed by atoms with E-state index < -0.39 is 0 Å². The van der Waals surface area contributed by atoms with Gasteiger partial charge in [-0.15, -0.1) is 5.10 Å². The van der Waals surface area contributed by atoms with E-state index in [0.29, 0.717) is 17.0 Å². The molecule has 4 heterocycles. The lowest BCUT2D eigenvalue weighted by Gasteiger charge is -2.35. The molecule has 0 radical (unpaired) electrons. The summed E-state index contributed by atoms with van der Waals surface area (Å²) in [6, 6.07) is 18.0. The van der Waals surface area contributed by atoms with E-state index in [0.717, 1.165) is 49.1 Å². The number of nitriles is 1. The number of pyridine rings is 2. The Balaban J connectivity index is 1.39. The maximum Gasteiger partial charge on any atom is 0.204 e. The molecule has 0 bridgehead atoms. The number of hydrogen-bond donors (Lipinski definition) is 0. The van der Waals surface area contributed by atoms with Crippen molar-refractivity contribution < 1.29 is 0 Å². The number of aromatic nitrogens is 5. The number of rotatable bonds is 5. The molecule has 1 saturated heterocycles. The summed E-state index contributed by atoms with van der Waals surface area (Å²) < 4.78 is 4.58. The molecule has 0 N–H and O–H groups in total. The van der Waals surface area contributed by atoms with Crippen molar-refractivity contribution in [1.82, 2.24) is 29.2 Å². The third-order valence-corrected chi connectivity index (χ3v) is 6.37. The number of hydrogen-bond acceptors (Lipinski definition) is 7. The van der Waals surface area contributed by atoms with E-state index in [1.54, 1.807) is 24.7 Å². The van der Waals surface area contributed by atoms with E-state index in [9.17, 15) is 0 Å². The molecular formula is C25H24N8S. The van der Waals surface area contributed by atoms with Crippen LogP contribution in [0.5, 0.6) is 0 Å². The molecule has 1 fully saturated rings. The Kier molecular flexibility index (Phi) is 6.16. The van der Waals surface area contributed by atoms with Crippen molar-refractivity contribution >= 4 is 18.0 Å². The fourth-order valence-corrected chi connectivity index (χ4v) is 4.37. The highest BCUT2D eigenvalue weighted by Gasteiger charge is 2.21. The minimum atomic E-state index is 0.606. The van der Waals surface area contributed by atoms with Gasteiger partial charge < -0.3 is 4.90 Å². The van der Waals surface area contributed by atoms with Gasteiger partial charge in [0.05, 0.1) is 18.3 Å². The first-order valence-electron chi connectivity index (χ1n) is 11.1. The van der Waals surface area contributed by atoms with Gasteiger partial charge in [-0.1, -0.05) is 17.7 Å². The molecule has 9 heteroatoms. The maximum atomic E-state index is 9.17. The lowest BCUT2D eigenvalue weighted by molar-refractivity contribution is 0.194. The molecule has 0 saturated carbocycles. The fraction of sp³-hybridized carbons (Fsp3) is 0.240. The van der Waals surface area contributed by atoms with Gasteiger partial charge in [-0.25, -0.2) is 9.67 Å². The molecule has 1 aliphatic rings. The zero-order chi connectivity index (χ0) is 23.5. The first kappa shape index (κ1) is 21.9. The number of benzene rings is 1. The van der Waals surface area contributed by atoms with Gasteiger partial charge in [0.25, 0.3) is 0 Å². The van der Waals surface area contributed by atoms with Crippen molar-refractivity contribution in [3.8, 4) is 23.1 Å². The monoisotopic (exact) mass is 468 g/mol. The van der Waals surface area contributed by atoms with Crippen LogP contribution in [0.25, 0.3) is 17.1 Å². The van der Waals surface area contributed by atoms with E-state index >= 15 is 0 Å². The first-order chi connectivity index (χ1) is 16.6. The Labute approximate surface area is 203 Å². The summed E-state index contributed by atoms with van der Waals surface area (Å²) in [4.78, 5) is 13.1. The molecule has 34 heavy (non-hydrogen) atoms. The molecule has 5 rings (SSSR count). The molecule has 3 aromatic heterocycles. The molecule has 8 nitrogen and oxygen atoms in total. The Morgan fingerprint density at radius 3 is 2.41 bits per heavy atom. The highest BCUT2D eigenvalue weighted by molar-refractivity contribution is 7.71. The predicted molar refractivity (Wildman–Crippen MR) is 133 cm³/mol. The Bertz CT molecular complexity index is 1380. The van der Waals surface area contributed by atoms with Crippen molar-refractivity contribution in [1.29, 1.82) is 5.26 Å². The Hall–Kier alpha value is -3.87. The van der Waals surface area contributed by atoms with Crippen LogP contribution in [0.4, 0.5) is 5.82 Å². The summed E-state index contributed by atoms with van der Waals surface area (Å²) in [6.45, 7) is 6.03. The van der Waals surface area contributed by atoms with Crippen molar-refractivity contribution in [3.05, 3.63) is 83.0 Å². The average Bonchev–Trinajstić information content (AvgIpc) is 3.21. The van der Waals surface area contributed by atoms with Gasteiger partial charge in [-0.05, 0) is 55.5 Å². The Morgan fingerprint density at radius 1 is 0.971 bits per heavy atom. The van der Waals surface area contributed by atoms with E-state index in [2.05, 4.69) is 57.0 Å². The quantitative estimate of drug-likeness (QED) is 0.412. The molecule has 1 aliphatic heterocycles. The van der Waals surface area contributed by atoms with Crippen LogP contribution >= 0.6 is 12.2 Å². The molecule has 0 unspecified atom stereocenters. The third-order valence-electron chi connectivity index (χ3n) is 5.97. The largest absolute Gasteiger partial charge is 0.354 e. The number of piperazine rings is 1. The molecule has 4 aromatic rings. The van der Waals surface area contributed by atoms with Crippen molar-refractivity contribution in [2.24, 2.45) is 0 Å². The zero-order valence-electron chi connectivity index (χ0n) is 18.9. The number of nitrogens with zero attached hydrogens (tertiary/aromatic N) is 8. The van der Waals surface area contributed by atoms with Crippen LogP contribution in [0.15, 0.2) is 67.1 Å². The van der Waals surface area contributed by atoms with Gasteiger partial charge in [0.15, 0.2) is 5.82 Å². The van der Waals surface area contributed by atoms with Crippen molar-refractivity contribution in [2.45, 2.75) is 13.6 Å². The second-order valence-electron chi connectivity index (χ2n) is 8.27. The Morgan fingerprint density at radius 2 is 1.71 bits per heavy atom. The van der Waals surface area contributed by atoms with Crippen LogP contribution in [0, 0.1) is 23.0 Å². The average molecular weight is 469 g/mol. The number of anilines is 1. The lowest BCUT2D eigenvalue weighted by atomic mass is 10.2. The summed E-state index contributed by atoms with van der Waals surface area (Å²) in [5, 5.41) is 14.1. The van der Waals surface area contributed by atoms with Gasteiger partial charge in [-0.2, -0.15) is 5.26 Å². The van der Waals surface area contributed by atoms with Gasteiger partial charge in [0, 0.05) is 56.0 Å². The zero-order valence-corrected chi connectivity index (χ0v) is 19.7. The SMILES string of the molecule is Cc1ccc(-n2c(-c3ccncc3)nn(CN3CCN(c4cc(C#N)ccn4)CC3)c2=S)cc1. The third kappa shape index (κ3) is 4.46. The summed E-state index contributed by atoms with van der Waals surface area (Å²) >= 11 is 5.89. The van der Waals surface area contributed by atoms with Crippen LogP contribution in [-0.2, 0) is 6.67 Å². The molecule has 0 spiro atoms. The molecule has 1 aromatic carbocycles. The van der Waals surface area contributed by atoms with E-state index in [1.165, 1.54) is 5.56 Å². The van der Waals surface area contributed by atoms with Crippen molar-refractivity contribution in [2.75, 3.05) is 31.1 Å². The van der Waals surface area contributed by atoms with Crippen LogP contribution in [-0.4, -0.2) is 55.4 Å². The van der Waals surface area contributed by atoms with Gasteiger partial charge in [-0.3, -0.25) is 14.5 Å². The second-order valence-corrected chi connectivity index (χ2v) is 8.64. The van der Waals surface area contributed by atoms with Gasteiger partial charge in [0.2, 0.25) is 4.77 Å².